The maximum absolute atomic E-state index is 11.2. The monoisotopic (exact) mass is 273 g/mol. The highest BCUT2D eigenvalue weighted by Gasteiger charge is 2.31. The molecule has 0 spiro atoms. The number of rotatable bonds is 4. The van der Waals surface area contributed by atoms with Gasteiger partial charge in [-0.05, 0) is 43.9 Å². The van der Waals surface area contributed by atoms with E-state index in [0.29, 0.717) is 6.54 Å². The van der Waals surface area contributed by atoms with Crippen LogP contribution in [-0.4, -0.2) is 26.2 Å². The molecule has 2 aromatic heterocycles. The Morgan fingerprint density at radius 1 is 1.55 bits per heavy atom. The van der Waals surface area contributed by atoms with E-state index in [4.69, 9.17) is 0 Å². The molecular weight excluding hydrogens is 254 g/mol. The summed E-state index contributed by atoms with van der Waals surface area (Å²) >= 11 is 0. The summed E-state index contributed by atoms with van der Waals surface area (Å²) in [7, 11) is 1.88. The molecule has 2 aromatic rings. The second-order valence-electron chi connectivity index (χ2n) is 5.90. The lowest BCUT2D eigenvalue weighted by atomic mass is 9.78. The van der Waals surface area contributed by atoms with E-state index in [-0.39, 0.29) is 11.2 Å². The summed E-state index contributed by atoms with van der Waals surface area (Å²) in [6.07, 6.45) is 5.54. The summed E-state index contributed by atoms with van der Waals surface area (Å²) in [5.74, 6) is -0.982. The molecule has 0 atom stereocenters. The van der Waals surface area contributed by atoms with Crippen LogP contribution in [0.5, 0.6) is 0 Å². The molecule has 106 valence electrons. The van der Waals surface area contributed by atoms with E-state index in [9.17, 15) is 9.90 Å². The molecule has 0 bridgehead atoms. The minimum absolute atomic E-state index is 0.106. The van der Waals surface area contributed by atoms with E-state index in [2.05, 4.69) is 17.2 Å². The summed E-state index contributed by atoms with van der Waals surface area (Å²) in [6, 6.07) is 3.67. The number of aromatic carboxylic acids is 1. The van der Waals surface area contributed by atoms with Gasteiger partial charge in [0.1, 0.15) is 5.65 Å². The highest BCUT2D eigenvalue weighted by atomic mass is 16.4. The number of pyridine rings is 1. The van der Waals surface area contributed by atoms with Gasteiger partial charge in [0.05, 0.1) is 0 Å². The molecule has 0 saturated heterocycles. The van der Waals surface area contributed by atoms with Crippen molar-refractivity contribution in [1.29, 1.82) is 0 Å². The standard InChI is InChI=1S/C15H19N3O2/c1-15(5-3-6-15)16-9-10-8-12(14(19)20)17-13-11(10)4-7-18(13)2/h4,7-8,16H,3,5-6,9H2,1-2H3,(H,19,20). The van der Waals surface area contributed by atoms with Crippen LogP contribution in [0.4, 0.5) is 0 Å². The van der Waals surface area contributed by atoms with Crippen LogP contribution in [-0.2, 0) is 13.6 Å². The second kappa shape index (κ2) is 4.59. The smallest absolute Gasteiger partial charge is 0.354 e. The molecule has 2 heterocycles. The van der Waals surface area contributed by atoms with E-state index >= 15 is 0 Å². The van der Waals surface area contributed by atoms with Gasteiger partial charge >= 0.3 is 5.97 Å². The van der Waals surface area contributed by atoms with Crippen molar-refractivity contribution < 1.29 is 9.90 Å². The van der Waals surface area contributed by atoms with Crippen LogP contribution in [0.1, 0.15) is 42.2 Å². The van der Waals surface area contributed by atoms with E-state index in [1.807, 2.05) is 23.9 Å². The summed E-state index contributed by atoms with van der Waals surface area (Å²) in [4.78, 5) is 15.4. The Hall–Kier alpha value is -1.88. The molecule has 5 nitrogen and oxygen atoms in total. The van der Waals surface area contributed by atoms with Crippen LogP contribution in [0.3, 0.4) is 0 Å². The van der Waals surface area contributed by atoms with E-state index < -0.39 is 5.97 Å². The number of aromatic nitrogens is 2. The highest BCUT2D eigenvalue weighted by Crippen LogP contribution is 2.31. The van der Waals surface area contributed by atoms with E-state index in [1.54, 1.807) is 6.07 Å². The molecule has 1 saturated carbocycles. The second-order valence-corrected chi connectivity index (χ2v) is 5.90. The van der Waals surface area contributed by atoms with Crippen molar-refractivity contribution >= 4 is 17.0 Å². The van der Waals surface area contributed by atoms with E-state index in [1.165, 1.54) is 19.3 Å². The van der Waals surface area contributed by atoms with Gasteiger partial charge in [-0.2, -0.15) is 0 Å². The molecule has 1 fully saturated rings. The van der Waals surface area contributed by atoms with Crippen LogP contribution in [0.25, 0.3) is 11.0 Å². The molecule has 0 unspecified atom stereocenters. The number of fused-ring (bicyclic) bond motifs is 1. The van der Waals surface area contributed by atoms with Gasteiger partial charge in [0.15, 0.2) is 5.69 Å². The number of carbonyl (C=O) groups is 1. The average molecular weight is 273 g/mol. The molecule has 0 aliphatic heterocycles. The topological polar surface area (TPSA) is 67.2 Å². The lowest BCUT2D eigenvalue weighted by Gasteiger charge is -2.39. The normalized spacial score (nSPS) is 17.1. The quantitative estimate of drug-likeness (QED) is 0.897. The fourth-order valence-electron chi connectivity index (χ4n) is 2.75. The molecule has 0 amide bonds. The fourth-order valence-corrected chi connectivity index (χ4v) is 2.75. The van der Waals surface area contributed by atoms with Crippen LogP contribution in [0, 0.1) is 0 Å². The maximum Gasteiger partial charge on any atom is 0.354 e. The van der Waals surface area contributed by atoms with Gasteiger partial charge in [0.2, 0.25) is 0 Å². The third-order valence-corrected chi connectivity index (χ3v) is 4.30. The third-order valence-electron chi connectivity index (χ3n) is 4.30. The molecule has 0 aromatic carbocycles. The predicted octanol–water partition coefficient (Wildman–Crippen LogP) is 2.30. The first-order chi connectivity index (χ1) is 9.48. The van der Waals surface area contributed by atoms with Gasteiger partial charge in [0, 0.05) is 30.7 Å². The number of carboxylic acids is 1. The van der Waals surface area contributed by atoms with Gasteiger partial charge in [0.25, 0.3) is 0 Å². The van der Waals surface area contributed by atoms with Crippen molar-refractivity contribution in [3.8, 4) is 0 Å². The number of aryl methyl sites for hydroxylation is 1. The van der Waals surface area contributed by atoms with Crippen molar-refractivity contribution in [3.63, 3.8) is 0 Å². The molecule has 3 rings (SSSR count). The molecule has 1 aliphatic carbocycles. The first-order valence-electron chi connectivity index (χ1n) is 6.92. The van der Waals surface area contributed by atoms with Gasteiger partial charge in [-0.25, -0.2) is 9.78 Å². The molecule has 2 N–H and O–H groups in total. The van der Waals surface area contributed by atoms with Crippen molar-refractivity contribution in [3.05, 3.63) is 29.6 Å². The maximum atomic E-state index is 11.2. The van der Waals surface area contributed by atoms with Gasteiger partial charge in [-0.15, -0.1) is 0 Å². The van der Waals surface area contributed by atoms with Crippen LogP contribution in [0.15, 0.2) is 18.3 Å². The first-order valence-corrected chi connectivity index (χ1v) is 6.92. The lowest BCUT2D eigenvalue weighted by Crippen LogP contribution is -2.47. The van der Waals surface area contributed by atoms with Crippen LogP contribution < -0.4 is 5.32 Å². The van der Waals surface area contributed by atoms with Gasteiger partial charge in [-0.1, -0.05) is 0 Å². The van der Waals surface area contributed by atoms with Crippen molar-refractivity contribution in [1.82, 2.24) is 14.9 Å². The minimum Gasteiger partial charge on any atom is -0.477 e. The average Bonchev–Trinajstić information content (AvgIpc) is 2.75. The number of hydrogen-bond donors (Lipinski definition) is 2. The highest BCUT2D eigenvalue weighted by molar-refractivity contribution is 5.90. The number of nitrogens with zero attached hydrogens (tertiary/aromatic N) is 2. The number of hydrogen-bond acceptors (Lipinski definition) is 3. The lowest BCUT2D eigenvalue weighted by molar-refractivity contribution is 0.0690. The summed E-state index contributed by atoms with van der Waals surface area (Å²) in [5.41, 5.74) is 2.03. The summed E-state index contributed by atoms with van der Waals surface area (Å²) in [5, 5.41) is 13.8. The molecular formula is C15H19N3O2. The SMILES string of the molecule is Cn1ccc2c(CNC3(C)CCC3)cc(C(=O)O)nc21. The Balaban J connectivity index is 1.97. The van der Waals surface area contributed by atoms with Crippen molar-refractivity contribution in [2.24, 2.45) is 7.05 Å². The summed E-state index contributed by atoms with van der Waals surface area (Å²) < 4.78 is 1.86. The summed E-state index contributed by atoms with van der Waals surface area (Å²) in [6.45, 7) is 2.90. The zero-order valence-electron chi connectivity index (χ0n) is 11.8. The number of nitrogens with one attached hydrogen (secondary N) is 1. The Kier molecular flexibility index (Phi) is 3.01. The van der Waals surface area contributed by atoms with Gasteiger partial charge < -0.3 is 15.0 Å². The Morgan fingerprint density at radius 2 is 2.30 bits per heavy atom. The van der Waals surface area contributed by atoms with Crippen LogP contribution >= 0.6 is 0 Å². The number of carboxylic acid groups (broad SMARTS) is 1. The van der Waals surface area contributed by atoms with Crippen molar-refractivity contribution in [2.75, 3.05) is 0 Å². The predicted molar refractivity (Wildman–Crippen MR) is 76.8 cm³/mol. The Labute approximate surface area is 117 Å². The first kappa shape index (κ1) is 13.1. The zero-order valence-corrected chi connectivity index (χ0v) is 11.8. The van der Waals surface area contributed by atoms with E-state index in [0.717, 1.165) is 16.6 Å². The van der Waals surface area contributed by atoms with Gasteiger partial charge in [-0.3, -0.25) is 0 Å². The van der Waals surface area contributed by atoms with Crippen LogP contribution in [0.2, 0.25) is 0 Å². The molecule has 5 heteroatoms. The van der Waals surface area contributed by atoms with Crippen molar-refractivity contribution in [2.45, 2.75) is 38.3 Å². The Morgan fingerprint density at radius 3 is 2.90 bits per heavy atom. The molecule has 0 radical (unpaired) electrons. The Bertz CT molecular complexity index is 671. The third kappa shape index (κ3) is 2.18. The largest absolute Gasteiger partial charge is 0.477 e. The molecule has 1 aliphatic rings. The minimum atomic E-state index is -0.982. The fraction of sp³-hybridized carbons (Fsp3) is 0.467. The zero-order chi connectivity index (χ0) is 14.3. The molecule has 20 heavy (non-hydrogen) atoms.